The van der Waals surface area contributed by atoms with Crippen LogP contribution in [0, 0.1) is 5.92 Å². The Labute approximate surface area is 120 Å². The normalized spacial score (nSPS) is 14.9. The number of aromatic nitrogens is 2. The smallest absolute Gasteiger partial charge is 0.228 e. The first kappa shape index (κ1) is 14.7. The Balaban J connectivity index is 1.73. The van der Waals surface area contributed by atoms with Crippen LogP contribution in [0.4, 0.5) is 11.6 Å². The highest BCUT2D eigenvalue weighted by Gasteiger charge is 2.25. The largest absolute Gasteiger partial charge is 0.369 e. The molecule has 2 rings (SSSR count). The molecule has 1 aliphatic carbocycles. The summed E-state index contributed by atoms with van der Waals surface area (Å²) in [6.07, 6.45) is 4.18. The molecule has 0 aliphatic heterocycles. The molecule has 0 aromatic carbocycles. The van der Waals surface area contributed by atoms with Crippen molar-refractivity contribution in [3.63, 3.8) is 0 Å². The van der Waals surface area contributed by atoms with Crippen molar-refractivity contribution in [3.8, 4) is 0 Å². The molecule has 0 radical (unpaired) electrons. The van der Waals surface area contributed by atoms with Gasteiger partial charge in [-0.1, -0.05) is 6.42 Å². The highest BCUT2D eigenvalue weighted by atomic mass is 16.2. The van der Waals surface area contributed by atoms with Gasteiger partial charge in [0.25, 0.3) is 0 Å². The summed E-state index contributed by atoms with van der Waals surface area (Å²) >= 11 is 0. The van der Waals surface area contributed by atoms with E-state index in [-0.39, 0.29) is 11.8 Å². The van der Waals surface area contributed by atoms with Crippen molar-refractivity contribution in [1.29, 1.82) is 0 Å². The highest BCUT2D eigenvalue weighted by Crippen LogP contribution is 2.27. The Morgan fingerprint density at radius 3 is 2.55 bits per heavy atom. The maximum absolute atomic E-state index is 11.8. The third-order valence-corrected chi connectivity index (χ3v) is 3.48. The standard InChI is InChI=1S/C14H23N5O/c1-19(2)10-4-9-15-12-7-8-13(18-17-12)16-14(20)11-5-3-6-11/h7-8,11H,3-6,9-10H2,1-2H3,(H,15,17)(H,16,18,20). The van der Waals surface area contributed by atoms with Crippen LogP contribution in [0.5, 0.6) is 0 Å². The molecular formula is C14H23N5O. The Morgan fingerprint density at radius 2 is 2.00 bits per heavy atom. The molecule has 6 heteroatoms. The molecule has 6 nitrogen and oxygen atoms in total. The van der Waals surface area contributed by atoms with E-state index in [4.69, 9.17) is 0 Å². The molecule has 0 atom stereocenters. The predicted octanol–water partition coefficient (Wildman–Crippen LogP) is 1.58. The van der Waals surface area contributed by atoms with Gasteiger partial charge in [-0.3, -0.25) is 4.79 Å². The third-order valence-electron chi connectivity index (χ3n) is 3.48. The van der Waals surface area contributed by atoms with Gasteiger partial charge in [-0.25, -0.2) is 0 Å². The van der Waals surface area contributed by atoms with Crippen LogP contribution >= 0.6 is 0 Å². The number of anilines is 2. The second-order valence-electron chi connectivity index (χ2n) is 5.50. The number of nitrogens with zero attached hydrogens (tertiary/aromatic N) is 3. The van der Waals surface area contributed by atoms with Gasteiger partial charge in [0.15, 0.2) is 5.82 Å². The Hall–Kier alpha value is -1.69. The van der Waals surface area contributed by atoms with Crippen LogP contribution in [0.3, 0.4) is 0 Å². The van der Waals surface area contributed by atoms with Gasteiger partial charge >= 0.3 is 0 Å². The van der Waals surface area contributed by atoms with Crippen LogP contribution in [0.2, 0.25) is 0 Å². The SMILES string of the molecule is CN(C)CCCNc1ccc(NC(=O)C2CCC2)nn1. The maximum atomic E-state index is 11.8. The molecule has 0 spiro atoms. The summed E-state index contributed by atoms with van der Waals surface area (Å²) in [5, 5.41) is 14.1. The average Bonchev–Trinajstić information content (AvgIpc) is 2.34. The molecule has 1 heterocycles. The van der Waals surface area contributed by atoms with E-state index in [0.29, 0.717) is 5.82 Å². The van der Waals surface area contributed by atoms with Crippen LogP contribution in [0.15, 0.2) is 12.1 Å². The van der Waals surface area contributed by atoms with Crippen molar-refractivity contribution in [3.05, 3.63) is 12.1 Å². The van der Waals surface area contributed by atoms with Crippen molar-refractivity contribution in [2.24, 2.45) is 5.92 Å². The van der Waals surface area contributed by atoms with Gasteiger partial charge in [0, 0.05) is 12.5 Å². The molecule has 0 saturated heterocycles. The highest BCUT2D eigenvalue weighted by molar-refractivity contribution is 5.92. The monoisotopic (exact) mass is 277 g/mol. The van der Waals surface area contributed by atoms with Gasteiger partial charge in [-0.15, -0.1) is 10.2 Å². The number of carbonyl (C=O) groups is 1. The lowest BCUT2D eigenvalue weighted by Gasteiger charge is -2.23. The van der Waals surface area contributed by atoms with Crippen molar-refractivity contribution >= 4 is 17.5 Å². The zero-order valence-electron chi connectivity index (χ0n) is 12.2. The summed E-state index contributed by atoms with van der Waals surface area (Å²) in [4.78, 5) is 13.9. The first-order valence-electron chi connectivity index (χ1n) is 7.18. The molecule has 110 valence electrons. The summed E-state index contributed by atoms with van der Waals surface area (Å²) < 4.78 is 0. The topological polar surface area (TPSA) is 70.2 Å². The average molecular weight is 277 g/mol. The van der Waals surface area contributed by atoms with E-state index >= 15 is 0 Å². The summed E-state index contributed by atoms with van der Waals surface area (Å²) in [6, 6.07) is 3.64. The molecule has 0 bridgehead atoms. The molecule has 0 unspecified atom stereocenters. The lowest BCUT2D eigenvalue weighted by Crippen LogP contribution is -2.28. The first-order valence-corrected chi connectivity index (χ1v) is 7.18. The van der Waals surface area contributed by atoms with E-state index < -0.39 is 0 Å². The van der Waals surface area contributed by atoms with Gasteiger partial charge in [-0.05, 0) is 52.0 Å². The minimum absolute atomic E-state index is 0.0669. The number of hydrogen-bond donors (Lipinski definition) is 2. The molecule has 1 aromatic heterocycles. The molecule has 1 fully saturated rings. The molecule has 2 N–H and O–H groups in total. The third kappa shape index (κ3) is 4.45. The number of rotatable bonds is 7. The lowest BCUT2D eigenvalue weighted by molar-refractivity contribution is -0.122. The molecule has 20 heavy (non-hydrogen) atoms. The van der Waals surface area contributed by atoms with Crippen LogP contribution < -0.4 is 10.6 Å². The fourth-order valence-corrected chi connectivity index (χ4v) is 2.00. The zero-order chi connectivity index (χ0) is 14.4. The number of carbonyl (C=O) groups excluding carboxylic acids is 1. The van der Waals surface area contributed by atoms with Gasteiger partial charge in [0.05, 0.1) is 0 Å². The summed E-state index contributed by atoms with van der Waals surface area (Å²) in [5.74, 6) is 1.50. The molecule has 1 amide bonds. The minimum Gasteiger partial charge on any atom is -0.369 e. The Bertz CT molecular complexity index is 428. The van der Waals surface area contributed by atoms with Crippen molar-refractivity contribution in [2.75, 3.05) is 37.8 Å². The zero-order valence-corrected chi connectivity index (χ0v) is 12.2. The fourth-order valence-electron chi connectivity index (χ4n) is 2.00. The van der Waals surface area contributed by atoms with E-state index in [1.807, 2.05) is 6.07 Å². The van der Waals surface area contributed by atoms with E-state index in [2.05, 4.69) is 39.8 Å². The van der Waals surface area contributed by atoms with E-state index in [0.717, 1.165) is 44.6 Å². The van der Waals surface area contributed by atoms with Crippen molar-refractivity contribution in [1.82, 2.24) is 15.1 Å². The molecule has 1 aromatic rings. The number of hydrogen-bond acceptors (Lipinski definition) is 5. The van der Waals surface area contributed by atoms with Gasteiger partial charge in [0.2, 0.25) is 5.91 Å². The van der Waals surface area contributed by atoms with Crippen LogP contribution in [-0.2, 0) is 4.79 Å². The fraction of sp³-hybridized carbons (Fsp3) is 0.643. The predicted molar refractivity (Wildman–Crippen MR) is 79.7 cm³/mol. The van der Waals surface area contributed by atoms with Crippen molar-refractivity contribution in [2.45, 2.75) is 25.7 Å². The molecular weight excluding hydrogens is 254 g/mol. The lowest BCUT2D eigenvalue weighted by atomic mass is 9.85. The van der Waals surface area contributed by atoms with Gasteiger partial charge in [0.1, 0.15) is 5.82 Å². The second kappa shape index (κ2) is 7.19. The maximum Gasteiger partial charge on any atom is 0.228 e. The van der Waals surface area contributed by atoms with Gasteiger partial charge < -0.3 is 15.5 Å². The van der Waals surface area contributed by atoms with Crippen LogP contribution in [0.25, 0.3) is 0 Å². The van der Waals surface area contributed by atoms with E-state index in [1.165, 1.54) is 0 Å². The summed E-state index contributed by atoms with van der Waals surface area (Å²) in [6.45, 7) is 1.90. The molecule has 1 saturated carbocycles. The number of amides is 1. The first-order chi connectivity index (χ1) is 9.65. The summed E-state index contributed by atoms with van der Waals surface area (Å²) in [5.41, 5.74) is 0. The Morgan fingerprint density at radius 1 is 1.30 bits per heavy atom. The van der Waals surface area contributed by atoms with Crippen LogP contribution in [0.1, 0.15) is 25.7 Å². The molecule has 1 aliphatic rings. The second-order valence-corrected chi connectivity index (χ2v) is 5.50. The number of nitrogens with one attached hydrogen (secondary N) is 2. The van der Waals surface area contributed by atoms with Crippen molar-refractivity contribution < 1.29 is 4.79 Å². The minimum atomic E-state index is 0.0669. The summed E-state index contributed by atoms with van der Waals surface area (Å²) in [7, 11) is 4.11. The quantitative estimate of drug-likeness (QED) is 0.740. The van der Waals surface area contributed by atoms with Crippen LogP contribution in [-0.4, -0.2) is 48.2 Å². The Kier molecular flexibility index (Phi) is 5.29. The van der Waals surface area contributed by atoms with E-state index in [1.54, 1.807) is 6.07 Å². The van der Waals surface area contributed by atoms with E-state index in [9.17, 15) is 4.79 Å². The van der Waals surface area contributed by atoms with Gasteiger partial charge in [-0.2, -0.15) is 0 Å².